The van der Waals surface area contributed by atoms with Crippen LogP contribution in [0.1, 0.15) is 10.4 Å². The molecule has 0 aliphatic rings. The zero-order valence-corrected chi connectivity index (χ0v) is 7.19. The molecular formula is C8H5ClN2O2. The molecule has 0 spiro atoms. The number of nitrogens with zero attached hydrogens (tertiary/aromatic N) is 2. The summed E-state index contributed by atoms with van der Waals surface area (Å²) in [5.41, 5.74) is 0.655. The van der Waals surface area contributed by atoms with Gasteiger partial charge in [0.25, 0.3) is 0 Å². The normalized spacial score (nSPS) is 10.5. The number of carboxylic acid groups (broad SMARTS) is 1. The van der Waals surface area contributed by atoms with Gasteiger partial charge in [-0.1, -0.05) is 11.6 Å². The van der Waals surface area contributed by atoms with Crippen molar-refractivity contribution >= 4 is 23.1 Å². The zero-order chi connectivity index (χ0) is 9.42. The van der Waals surface area contributed by atoms with Gasteiger partial charge >= 0.3 is 5.97 Å². The van der Waals surface area contributed by atoms with E-state index in [2.05, 4.69) is 5.10 Å². The standard InChI is InChI=1S/C8H5ClN2O2/c9-5-1-2-11-7(3-5)6(4-10-11)8(12)13/h1-4H,(H,12,13). The van der Waals surface area contributed by atoms with Crippen molar-refractivity contribution in [1.29, 1.82) is 0 Å². The molecule has 0 aliphatic heterocycles. The van der Waals surface area contributed by atoms with Gasteiger partial charge in [0.2, 0.25) is 0 Å². The Labute approximate surface area is 78.4 Å². The molecule has 4 nitrogen and oxygen atoms in total. The van der Waals surface area contributed by atoms with Crippen LogP contribution in [0.2, 0.25) is 5.02 Å². The lowest BCUT2D eigenvalue weighted by atomic mass is 10.3. The Hall–Kier alpha value is -1.55. The molecule has 66 valence electrons. The molecule has 0 saturated heterocycles. The Kier molecular flexibility index (Phi) is 1.70. The number of pyridine rings is 1. The first-order valence-electron chi connectivity index (χ1n) is 3.54. The van der Waals surface area contributed by atoms with Crippen LogP contribution < -0.4 is 0 Å². The number of hydrogen-bond acceptors (Lipinski definition) is 2. The maximum absolute atomic E-state index is 10.7. The van der Waals surface area contributed by atoms with E-state index in [0.29, 0.717) is 10.5 Å². The summed E-state index contributed by atoms with van der Waals surface area (Å²) in [6.45, 7) is 0. The molecule has 0 unspecified atom stereocenters. The molecule has 2 aromatic heterocycles. The number of hydrogen-bond donors (Lipinski definition) is 1. The molecule has 0 bridgehead atoms. The molecule has 2 heterocycles. The summed E-state index contributed by atoms with van der Waals surface area (Å²) in [6.07, 6.45) is 2.91. The molecule has 0 fully saturated rings. The molecular weight excluding hydrogens is 192 g/mol. The van der Waals surface area contributed by atoms with Crippen molar-refractivity contribution < 1.29 is 9.90 Å². The SMILES string of the molecule is O=C(O)c1cnn2ccc(Cl)cc12. The second kappa shape index (κ2) is 2.74. The molecule has 0 atom stereocenters. The second-order valence-electron chi connectivity index (χ2n) is 2.54. The zero-order valence-electron chi connectivity index (χ0n) is 6.44. The van der Waals surface area contributed by atoms with Crippen LogP contribution >= 0.6 is 11.6 Å². The van der Waals surface area contributed by atoms with E-state index in [9.17, 15) is 4.79 Å². The number of rotatable bonds is 1. The van der Waals surface area contributed by atoms with Crippen LogP contribution in [0.15, 0.2) is 24.5 Å². The van der Waals surface area contributed by atoms with E-state index in [1.165, 1.54) is 10.7 Å². The highest BCUT2D eigenvalue weighted by atomic mass is 35.5. The van der Waals surface area contributed by atoms with Crippen LogP contribution in [0.25, 0.3) is 5.52 Å². The Morgan fingerprint density at radius 3 is 3.08 bits per heavy atom. The van der Waals surface area contributed by atoms with E-state index in [0.717, 1.165) is 0 Å². The predicted octanol–water partition coefficient (Wildman–Crippen LogP) is 1.69. The van der Waals surface area contributed by atoms with Crippen LogP contribution in [-0.4, -0.2) is 20.7 Å². The van der Waals surface area contributed by atoms with Gasteiger partial charge in [0.05, 0.1) is 11.7 Å². The minimum atomic E-state index is -1.00. The summed E-state index contributed by atoms with van der Waals surface area (Å²) in [5.74, 6) is -1.00. The monoisotopic (exact) mass is 196 g/mol. The molecule has 1 N–H and O–H groups in total. The summed E-state index contributed by atoms with van der Waals surface area (Å²) in [4.78, 5) is 10.7. The summed E-state index contributed by atoms with van der Waals surface area (Å²) in [7, 11) is 0. The highest BCUT2D eigenvalue weighted by Gasteiger charge is 2.10. The van der Waals surface area contributed by atoms with Crippen LogP contribution in [0, 0.1) is 0 Å². The summed E-state index contributed by atoms with van der Waals surface area (Å²) in [5, 5.41) is 13.1. The molecule has 0 amide bonds. The minimum absolute atomic E-state index is 0.155. The molecule has 5 heteroatoms. The lowest BCUT2D eigenvalue weighted by molar-refractivity contribution is 0.0699. The highest BCUT2D eigenvalue weighted by Crippen LogP contribution is 2.15. The average molecular weight is 197 g/mol. The quantitative estimate of drug-likeness (QED) is 0.755. The fourth-order valence-corrected chi connectivity index (χ4v) is 1.28. The molecule has 2 rings (SSSR count). The third-order valence-electron chi connectivity index (χ3n) is 1.71. The van der Waals surface area contributed by atoms with Crippen LogP contribution in [0.4, 0.5) is 0 Å². The van der Waals surface area contributed by atoms with Crippen LogP contribution in [0.3, 0.4) is 0 Å². The van der Waals surface area contributed by atoms with Crippen molar-refractivity contribution in [3.8, 4) is 0 Å². The number of aromatic carboxylic acids is 1. The van der Waals surface area contributed by atoms with Gasteiger partial charge in [0.15, 0.2) is 0 Å². The van der Waals surface area contributed by atoms with E-state index in [-0.39, 0.29) is 5.56 Å². The third-order valence-corrected chi connectivity index (χ3v) is 1.95. The first kappa shape index (κ1) is 8.07. The molecule has 0 aromatic carbocycles. The third kappa shape index (κ3) is 1.25. The molecule has 0 radical (unpaired) electrons. The Morgan fingerprint density at radius 1 is 1.62 bits per heavy atom. The minimum Gasteiger partial charge on any atom is -0.478 e. The Balaban J connectivity index is 2.79. The number of carboxylic acids is 1. The van der Waals surface area contributed by atoms with E-state index in [1.807, 2.05) is 0 Å². The van der Waals surface area contributed by atoms with Crippen molar-refractivity contribution in [2.24, 2.45) is 0 Å². The van der Waals surface area contributed by atoms with Crippen molar-refractivity contribution in [1.82, 2.24) is 9.61 Å². The first-order valence-corrected chi connectivity index (χ1v) is 3.92. The smallest absolute Gasteiger partial charge is 0.339 e. The predicted molar refractivity (Wildman–Crippen MR) is 47.2 cm³/mol. The van der Waals surface area contributed by atoms with E-state index < -0.39 is 5.97 Å². The number of aromatic nitrogens is 2. The van der Waals surface area contributed by atoms with Gasteiger partial charge in [-0.25, -0.2) is 9.31 Å². The molecule has 13 heavy (non-hydrogen) atoms. The van der Waals surface area contributed by atoms with Gasteiger partial charge in [0.1, 0.15) is 5.56 Å². The van der Waals surface area contributed by atoms with Gasteiger partial charge in [0, 0.05) is 11.2 Å². The van der Waals surface area contributed by atoms with Crippen molar-refractivity contribution in [3.05, 3.63) is 35.1 Å². The van der Waals surface area contributed by atoms with Crippen molar-refractivity contribution in [3.63, 3.8) is 0 Å². The van der Waals surface area contributed by atoms with Crippen molar-refractivity contribution in [2.75, 3.05) is 0 Å². The van der Waals surface area contributed by atoms with Gasteiger partial charge in [-0.15, -0.1) is 0 Å². The molecule has 2 aromatic rings. The van der Waals surface area contributed by atoms with Gasteiger partial charge < -0.3 is 5.11 Å². The maximum atomic E-state index is 10.7. The summed E-state index contributed by atoms with van der Waals surface area (Å²) < 4.78 is 1.47. The van der Waals surface area contributed by atoms with Crippen LogP contribution in [0.5, 0.6) is 0 Å². The fraction of sp³-hybridized carbons (Fsp3) is 0. The Bertz CT molecular complexity index is 478. The lowest BCUT2D eigenvalue weighted by Gasteiger charge is -1.94. The van der Waals surface area contributed by atoms with Gasteiger partial charge in [-0.05, 0) is 12.1 Å². The van der Waals surface area contributed by atoms with E-state index in [1.54, 1.807) is 18.3 Å². The molecule has 0 saturated carbocycles. The van der Waals surface area contributed by atoms with Crippen LogP contribution in [-0.2, 0) is 0 Å². The summed E-state index contributed by atoms with van der Waals surface area (Å²) in [6, 6.07) is 3.21. The number of fused-ring (bicyclic) bond motifs is 1. The average Bonchev–Trinajstić information content (AvgIpc) is 2.46. The number of halogens is 1. The van der Waals surface area contributed by atoms with E-state index >= 15 is 0 Å². The first-order chi connectivity index (χ1) is 6.18. The van der Waals surface area contributed by atoms with E-state index in [4.69, 9.17) is 16.7 Å². The highest BCUT2D eigenvalue weighted by molar-refractivity contribution is 6.31. The maximum Gasteiger partial charge on any atom is 0.339 e. The number of carbonyl (C=O) groups is 1. The van der Waals surface area contributed by atoms with Gasteiger partial charge in [-0.3, -0.25) is 0 Å². The second-order valence-corrected chi connectivity index (χ2v) is 2.97. The van der Waals surface area contributed by atoms with Gasteiger partial charge in [-0.2, -0.15) is 5.10 Å². The largest absolute Gasteiger partial charge is 0.478 e. The van der Waals surface area contributed by atoms with Crippen molar-refractivity contribution in [2.45, 2.75) is 0 Å². The Morgan fingerprint density at radius 2 is 2.38 bits per heavy atom. The topological polar surface area (TPSA) is 54.6 Å². The lowest BCUT2D eigenvalue weighted by Crippen LogP contribution is -1.94. The molecule has 0 aliphatic carbocycles. The summed E-state index contributed by atoms with van der Waals surface area (Å²) >= 11 is 5.72. The fourth-order valence-electron chi connectivity index (χ4n) is 1.12.